The monoisotopic (exact) mass is 280 g/mol. The predicted octanol–water partition coefficient (Wildman–Crippen LogP) is 3.45. The van der Waals surface area contributed by atoms with Crippen LogP contribution in [0.4, 0.5) is 0 Å². The van der Waals surface area contributed by atoms with Crippen molar-refractivity contribution in [1.82, 2.24) is 10.3 Å². The smallest absolute Gasteiger partial charge is 0.0943 e. The molecule has 98 valence electrons. The zero-order valence-electron chi connectivity index (χ0n) is 11.2. The third-order valence-corrected chi connectivity index (χ3v) is 5.25. The van der Waals surface area contributed by atoms with E-state index in [1.165, 1.54) is 14.8 Å². The van der Waals surface area contributed by atoms with Crippen LogP contribution in [0.15, 0.2) is 17.5 Å². The van der Waals surface area contributed by atoms with Crippen molar-refractivity contribution in [2.24, 2.45) is 0 Å². The minimum Gasteiger partial charge on any atom is -0.316 e. The molecule has 0 bridgehead atoms. The third kappa shape index (κ3) is 3.64. The quantitative estimate of drug-likeness (QED) is 0.876. The van der Waals surface area contributed by atoms with E-state index in [0.717, 1.165) is 25.0 Å². The van der Waals surface area contributed by atoms with Gasteiger partial charge in [0.05, 0.1) is 5.01 Å². The van der Waals surface area contributed by atoms with Crippen LogP contribution in [0.1, 0.15) is 27.4 Å². The van der Waals surface area contributed by atoms with E-state index in [2.05, 4.69) is 41.7 Å². The summed E-state index contributed by atoms with van der Waals surface area (Å²) in [5.41, 5.74) is 1.13. The SMILES string of the molecule is CCc1ccc(CC(Cc2nc(C)cs2)NC)s1. The maximum absolute atomic E-state index is 4.54. The van der Waals surface area contributed by atoms with Crippen LogP contribution in [-0.2, 0) is 19.3 Å². The van der Waals surface area contributed by atoms with E-state index in [0.29, 0.717) is 6.04 Å². The summed E-state index contributed by atoms with van der Waals surface area (Å²) in [6, 6.07) is 5.00. The third-order valence-electron chi connectivity index (χ3n) is 3.01. The molecule has 2 aromatic rings. The summed E-state index contributed by atoms with van der Waals surface area (Å²) >= 11 is 3.70. The highest BCUT2D eigenvalue weighted by atomic mass is 32.1. The van der Waals surface area contributed by atoms with Crippen LogP contribution in [-0.4, -0.2) is 18.1 Å². The Hall–Kier alpha value is -0.710. The summed E-state index contributed by atoms with van der Waals surface area (Å²) in [6.45, 7) is 4.27. The summed E-state index contributed by atoms with van der Waals surface area (Å²) in [6.07, 6.45) is 3.26. The lowest BCUT2D eigenvalue weighted by Crippen LogP contribution is -2.29. The summed E-state index contributed by atoms with van der Waals surface area (Å²) < 4.78 is 0. The number of aromatic nitrogens is 1. The number of thiazole rings is 1. The van der Waals surface area contributed by atoms with E-state index >= 15 is 0 Å². The molecule has 0 saturated heterocycles. The van der Waals surface area contributed by atoms with Crippen LogP contribution >= 0.6 is 22.7 Å². The molecule has 0 amide bonds. The molecule has 1 unspecified atom stereocenters. The number of nitrogens with zero attached hydrogens (tertiary/aromatic N) is 1. The largest absolute Gasteiger partial charge is 0.316 e. The second-order valence-electron chi connectivity index (χ2n) is 4.50. The molecule has 18 heavy (non-hydrogen) atoms. The van der Waals surface area contributed by atoms with Crippen LogP contribution in [0.3, 0.4) is 0 Å². The molecule has 0 radical (unpaired) electrons. The maximum atomic E-state index is 4.54. The van der Waals surface area contributed by atoms with Gasteiger partial charge in [0.1, 0.15) is 0 Å². The van der Waals surface area contributed by atoms with Crippen molar-refractivity contribution in [3.63, 3.8) is 0 Å². The van der Waals surface area contributed by atoms with Gasteiger partial charge in [-0.05, 0) is 38.9 Å². The molecule has 0 aliphatic rings. The number of rotatable bonds is 6. The Kier molecular flexibility index (Phi) is 4.92. The molecule has 2 heterocycles. The Bertz CT molecular complexity index is 487. The lowest BCUT2D eigenvalue weighted by Gasteiger charge is -2.13. The molecule has 1 atom stereocenters. The average Bonchev–Trinajstić information content (AvgIpc) is 2.97. The first-order valence-corrected chi connectivity index (χ1v) is 8.06. The average molecular weight is 280 g/mol. The minimum atomic E-state index is 0.485. The minimum absolute atomic E-state index is 0.485. The number of nitrogens with one attached hydrogen (secondary N) is 1. The van der Waals surface area contributed by atoms with Gasteiger partial charge < -0.3 is 5.32 Å². The molecule has 2 nitrogen and oxygen atoms in total. The number of likely N-dealkylation sites (N-methyl/N-ethyl adjacent to an activating group) is 1. The van der Waals surface area contributed by atoms with Gasteiger partial charge in [-0.1, -0.05) is 6.92 Å². The van der Waals surface area contributed by atoms with Crippen molar-refractivity contribution in [2.45, 2.75) is 39.2 Å². The van der Waals surface area contributed by atoms with E-state index < -0.39 is 0 Å². The molecule has 0 aliphatic carbocycles. The van der Waals surface area contributed by atoms with Crippen molar-refractivity contribution in [2.75, 3.05) is 7.05 Å². The molecule has 2 aromatic heterocycles. The first-order chi connectivity index (χ1) is 8.71. The number of hydrogen-bond donors (Lipinski definition) is 1. The van der Waals surface area contributed by atoms with Gasteiger partial charge in [-0.2, -0.15) is 0 Å². The van der Waals surface area contributed by atoms with Gasteiger partial charge in [-0.3, -0.25) is 0 Å². The number of aryl methyl sites for hydroxylation is 2. The van der Waals surface area contributed by atoms with Gasteiger partial charge in [0.25, 0.3) is 0 Å². The lowest BCUT2D eigenvalue weighted by atomic mass is 10.1. The van der Waals surface area contributed by atoms with Gasteiger partial charge in [-0.25, -0.2) is 4.98 Å². The fourth-order valence-electron chi connectivity index (χ4n) is 1.95. The highest BCUT2D eigenvalue weighted by Crippen LogP contribution is 2.20. The zero-order chi connectivity index (χ0) is 13.0. The Labute approximate surface area is 117 Å². The molecular weight excluding hydrogens is 260 g/mol. The van der Waals surface area contributed by atoms with E-state index in [9.17, 15) is 0 Å². The fraction of sp³-hybridized carbons (Fsp3) is 0.500. The van der Waals surface area contributed by atoms with Crippen molar-refractivity contribution in [3.05, 3.63) is 38.0 Å². The first kappa shape index (κ1) is 13.7. The van der Waals surface area contributed by atoms with Gasteiger partial charge in [0, 0.05) is 33.3 Å². The van der Waals surface area contributed by atoms with Crippen LogP contribution in [0.2, 0.25) is 0 Å². The second kappa shape index (κ2) is 6.45. The summed E-state index contributed by atoms with van der Waals surface area (Å²) in [5.74, 6) is 0. The Morgan fingerprint density at radius 3 is 2.61 bits per heavy atom. The Morgan fingerprint density at radius 1 is 1.28 bits per heavy atom. The normalized spacial score (nSPS) is 12.8. The van der Waals surface area contributed by atoms with Gasteiger partial charge in [0.15, 0.2) is 0 Å². The van der Waals surface area contributed by atoms with Crippen molar-refractivity contribution >= 4 is 22.7 Å². The van der Waals surface area contributed by atoms with Crippen LogP contribution in [0.5, 0.6) is 0 Å². The molecule has 2 rings (SSSR count). The van der Waals surface area contributed by atoms with Crippen LogP contribution in [0, 0.1) is 6.92 Å². The van der Waals surface area contributed by atoms with Crippen molar-refractivity contribution in [1.29, 1.82) is 0 Å². The van der Waals surface area contributed by atoms with E-state index in [1.54, 1.807) is 11.3 Å². The van der Waals surface area contributed by atoms with Crippen LogP contribution < -0.4 is 5.32 Å². The molecule has 4 heteroatoms. The lowest BCUT2D eigenvalue weighted by molar-refractivity contribution is 0.558. The highest BCUT2D eigenvalue weighted by Gasteiger charge is 2.12. The first-order valence-electron chi connectivity index (χ1n) is 6.37. The summed E-state index contributed by atoms with van der Waals surface area (Å²) in [4.78, 5) is 7.49. The standard InChI is InChI=1S/C14H20N2S2/c1-4-12-5-6-13(18-12)7-11(15-3)8-14-16-10(2)9-17-14/h5-6,9,11,15H,4,7-8H2,1-3H3. The second-order valence-corrected chi connectivity index (χ2v) is 6.69. The highest BCUT2D eigenvalue weighted by molar-refractivity contribution is 7.12. The van der Waals surface area contributed by atoms with Crippen LogP contribution in [0.25, 0.3) is 0 Å². The molecule has 0 fully saturated rings. The zero-order valence-corrected chi connectivity index (χ0v) is 12.8. The number of hydrogen-bond acceptors (Lipinski definition) is 4. The van der Waals surface area contributed by atoms with E-state index in [1.807, 2.05) is 18.4 Å². The predicted molar refractivity (Wildman–Crippen MR) is 80.8 cm³/mol. The van der Waals surface area contributed by atoms with Crippen molar-refractivity contribution in [3.8, 4) is 0 Å². The topological polar surface area (TPSA) is 24.9 Å². The van der Waals surface area contributed by atoms with Crippen molar-refractivity contribution < 1.29 is 0 Å². The Balaban J connectivity index is 1.96. The maximum Gasteiger partial charge on any atom is 0.0943 e. The van der Waals surface area contributed by atoms with Gasteiger partial charge in [-0.15, -0.1) is 22.7 Å². The molecule has 0 spiro atoms. The van der Waals surface area contributed by atoms with Gasteiger partial charge in [0.2, 0.25) is 0 Å². The molecule has 1 N–H and O–H groups in total. The van der Waals surface area contributed by atoms with E-state index in [4.69, 9.17) is 0 Å². The molecule has 0 aromatic carbocycles. The summed E-state index contributed by atoms with van der Waals surface area (Å²) in [5, 5.41) is 6.77. The van der Waals surface area contributed by atoms with E-state index in [-0.39, 0.29) is 0 Å². The Morgan fingerprint density at radius 2 is 2.06 bits per heavy atom. The number of thiophene rings is 1. The fourth-order valence-corrected chi connectivity index (χ4v) is 3.84. The summed E-state index contributed by atoms with van der Waals surface area (Å²) in [7, 11) is 2.04. The molecule has 0 saturated carbocycles. The molecular formula is C14H20N2S2. The van der Waals surface area contributed by atoms with Gasteiger partial charge >= 0.3 is 0 Å². The molecule has 0 aliphatic heterocycles.